The summed E-state index contributed by atoms with van der Waals surface area (Å²) >= 11 is 0. The van der Waals surface area contributed by atoms with E-state index in [0.717, 1.165) is 30.3 Å². The summed E-state index contributed by atoms with van der Waals surface area (Å²) in [7, 11) is -0.349. The molecule has 0 heterocycles. The van der Waals surface area contributed by atoms with Crippen LogP contribution in [0.3, 0.4) is 0 Å². The van der Waals surface area contributed by atoms with Gasteiger partial charge in [-0.05, 0) is 18.6 Å². The van der Waals surface area contributed by atoms with Gasteiger partial charge < -0.3 is 9.08 Å². The van der Waals surface area contributed by atoms with Crippen LogP contribution in [0.25, 0.3) is 10.8 Å². The topological polar surface area (TPSA) is 63.7 Å². The molecule has 0 radical (unpaired) electrons. The van der Waals surface area contributed by atoms with Crippen LogP contribution in [0.2, 0.25) is 0 Å². The van der Waals surface area contributed by atoms with Gasteiger partial charge in [0, 0.05) is 37.0 Å². The lowest BCUT2D eigenvalue weighted by Gasteiger charge is -2.16. The maximum Gasteiger partial charge on any atom is 0.342 e. The van der Waals surface area contributed by atoms with Gasteiger partial charge in [-0.1, -0.05) is 76.1 Å². The van der Waals surface area contributed by atoms with Crippen LogP contribution in [0.5, 0.6) is 0 Å². The van der Waals surface area contributed by atoms with Crippen LogP contribution in [0, 0.1) is 0 Å². The molecule has 0 atom stereocenters. The van der Waals surface area contributed by atoms with Crippen molar-refractivity contribution in [2.45, 2.75) is 69.6 Å². The Morgan fingerprint density at radius 2 is 1.45 bits per heavy atom. The van der Waals surface area contributed by atoms with Crippen LogP contribution < -0.4 is 4.90 Å². The van der Waals surface area contributed by atoms with Crippen molar-refractivity contribution in [3.05, 3.63) is 36.4 Å². The van der Waals surface area contributed by atoms with Crippen molar-refractivity contribution < 1.29 is 17.4 Å². The maximum atomic E-state index is 12.7. The molecule has 0 aromatic heterocycles. The summed E-state index contributed by atoms with van der Waals surface area (Å²) in [5.41, 5.74) is 0.907. The SMILES string of the molecule is CCCCCCCCCCC(=O)OS(=O)(=O)c1cccc2c(N(C)C)cccc12. The second-order valence-corrected chi connectivity index (χ2v) is 9.17. The second kappa shape index (κ2) is 11.2. The highest BCUT2D eigenvalue weighted by Gasteiger charge is 2.23. The van der Waals surface area contributed by atoms with Crippen molar-refractivity contribution in [1.82, 2.24) is 0 Å². The van der Waals surface area contributed by atoms with Gasteiger partial charge in [-0.15, -0.1) is 0 Å². The Balaban J connectivity index is 1.96. The predicted molar refractivity (Wildman–Crippen MR) is 119 cm³/mol. The Hall–Kier alpha value is -2.08. The van der Waals surface area contributed by atoms with E-state index in [9.17, 15) is 13.2 Å². The second-order valence-electron chi connectivity index (χ2n) is 7.66. The smallest absolute Gasteiger partial charge is 0.342 e. The van der Waals surface area contributed by atoms with E-state index in [-0.39, 0.29) is 11.3 Å². The molecule has 0 saturated carbocycles. The first-order valence-corrected chi connectivity index (χ1v) is 11.9. The van der Waals surface area contributed by atoms with Crippen LogP contribution in [0.4, 0.5) is 5.69 Å². The minimum absolute atomic E-state index is 0.0305. The van der Waals surface area contributed by atoms with Crippen molar-refractivity contribution in [3.8, 4) is 0 Å². The van der Waals surface area contributed by atoms with Crippen molar-refractivity contribution in [1.29, 1.82) is 0 Å². The van der Waals surface area contributed by atoms with Gasteiger partial charge in [0.15, 0.2) is 0 Å². The van der Waals surface area contributed by atoms with E-state index in [1.807, 2.05) is 31.1 Å². The Kier molecular flexibility index (Phi) is 8.96. The summed E-state index contributed by atoms with van der Waals surface area (Å²) < 4.78 is 30.3. The van der Waals surface area contributed by atoms with Gasteiger partial charge in [0.2, 0.25) is 0 Å². The monoisotopic (exact) mass is 419 g/mol. The normalized spacial score (nSPS) is 11.6. The molecule has 0 amide bonds. The fraction of sp³-hybridized carbons (Fsp3) is 0.522. The zero-order valence-corrected chi connectivity index (χ0v) is 18.6. The predicted octanol–water partition coefficient (Wildman–Crippen LogP) is 5.67. The van der Waals surface area contributed by atoms with E-state index < -0.39 is 16.1 Å². The summed E-state index contributed by atoms with van der Waals surface area (Å²) in [6.07, 6.45) is 8.92. The summed E-state index contributed by atoms with van der Waals surface area (Å²) in [6.45, 7) is 2.19. The minimum Gasteiger partial charge on any atom is -0.377 e. The molecule has 0 aliphatic rings. The quantitative estimate of drug-likeness (QED) is 0.328. The first-order valence-electron chi connectivity index (χ1n) is 10.5. The summed E-state index contributed by atoms with van der Waals surface area (Å²) in [5.74, 6) is -0.684. The first-order chi connectivity index (χ1) is 13.9. The van der Waals surface area contributed by atoms with Crippen molar-refractivity contribution >= 4 is 32.5 Å². The maximum absolute atomic E-state index is 12.7. The molecule has 2 rings (SSSR count). The van der Waals surface area contributed by atoms with E-state index in [1.165, 1.54) is 31.7 Å². The van der Waals surface area contributed by atoms with Crippen molar-refractivity contribution in [2.24, 2.45) is 0 Å². The van der Waals surface area contributed by atoms with E-state index in [2.05, 4.69) is 6.92 Å². The number of anilines is 1. The molecule has 0 N–H and O–H groups in total. The van der Waals surface area contributed by atoms with Gasteiger partial charge >= 0.3 is 16.1 Å². The number of nitrogens with zero attached hydrogens (tertiary/aromatic N) is 1. The average molecular weight is 420 g/mol. The fourth-order valence-electron chi connectivity index (χ4n) is 3.48. The zero-order valence-electron chi connectivity index (χ0n) is 17.8. The first kappa shape index (κ1) is 23.2. The highest BCUT2D eigenvalue weighted by molar-refractivity contribution is 7.87. The third-order valence-corrected chi connectivity index (χ3v) is 6.35. The molecule has 0 bridgehead atoms. The van der Waals surface area contributed by atoms with Crippen molar-refractivity contribution in [2.75, 3.05) is 19.0 Å². The highest BCUT2D eigenvalue weighted by Crippen LogP contribution is 2.31. The molecule has 5 nitrogen and oxygen atoms in total. The molecule has 0 saturated heterocycles. The number of rotatable bonds is 12. The molecular formula is C23H33NO4S. The number of unbranched alkanes of at least 4 members (excludes halogenated alkanes) is 7. The number of benzene rings is 2. The fourth-order valence-corrected chi connectivity index (χ4v) is 4.60. The number of hydrogen-bond donors (Lipinski definition) is 0. The third-order valence-electron chi connectivity index (χ3n) is 5.05. The number of carbonyl (C=O) groups is 1. The molecule has 2 aromatic rings. The Labute approximate surface area is 175 Å². The van der Waals surface area contributed by atoms with Gasteiger partial charge in [0.25, 0.3) is 0 Å². The van der Waals surface area contributed by atoms with Crippen LogP contribution in [0.1, 0.15) is 64.7 Å². The Bertz CT molecular complexity index is 906. The molecule has 2 aromatic carbocycles. The van der Waals surface area contributed by atoms with Crippen LogP contribution >= 0.6 is 0 Å². The summed E-state index contributed by atoms with van der Waals surface area (Å²) in [4.78, 5) is 14.1. The molecular weight excluding hydrogens is 386 g/mol. The largest absolute Gasteiger partial charge is 0.377 e. The number of fused-ring (bicyclic) bond motifs is 1. The number of carbonyl (C=O) groups excluding carboxylic acids is 1. The molecule has 0 fully saturated rings. The molecule has 0 aliphatic heterocycles. The minimum atomic E-state index is -4.15. The van der Waals surface area contributed by atoms with Gasteiger partial charge in [0.05, 0.1) is 0 Å². The lowest BCUT2D eigenvalue weighted by molar-refractivity contribution is -0.133. The lowest BCUT2D eigenvalue weighted by atomic mass is 10.1. The van der Waals surface area contributed by atoms with E-state index in [4.69, 9.17) is 4.18 Å². The molecule has 6 heteroatoms. The van der Waals surface area contributed by atoms with E-state index in [0.29, 0.717) is 11.8 Å². The molecule has 160 valence electrons. The molecule has 29 heavy (non-hydrogen) atoms. The van der Waals surface area contributed by atoms with E-state index >= 15 is 0 Å². The Morgan fingerprint density at radius 3 is 2.10 bits per heavy atom. The summed E-state index contributed by atoms with van der Waals surface area (Å²) in [6, 6.07) is 10.5. The van der Waals surface area contributed by atoms with Crippen molar-refractivity contribution in [3.63, 3.8) is 0 Å². The lowest BCUT2D eigenvalue weighted by Crippen LogP contribution is -2.14. The standard InChI is InChI=1S/C23H33NO4S/c1-4-5-6-7-8-9-10-11-18-23(25)28-29(26,27)22-17-13-14-19-20(22)15-12-16-21(19)24(2)3/h12-17H,4-11,18H2,1-3H3. The van der Waals surface area contributed by atoms with Gasteiger partial charge in [-0.3, -0.25) is 4.79 Å². The zero-order chi connectivity index (χ0) is 21.3. The highest BCUT2D eigenvalue weighted by atomic mass is 32.2. The number of hydrogen-bond acceptors (Lipinski definition) is 5. The average Bonchev–Trinajstić information content (AvgIpc) is 2.68. The Morgan fingerprint density at radius 1 is 0.862 bits per heavy atom. The summed E-state index contributed by atoms with van der Waals surface area (Å²) in [5, 5.41) is 1.36. The van der Waals surface area contributed by atoms with E-state index in [1.54, 1.807) is 18.2 Å². The van der Waals surface area contributed by atoms with Crippen LogP contribution in [-0.4, -0.2) is 28.5 Å². The molecule has 0 spiro atoms. The van der Waals surface area contributed by atoms with Crippen LogP contribution in [-0.2, 0) is 19.1 Å². The molecule has 0 unspecified atom stereocenters. The van der Waals surface area contributed by atoms with Crippen LogP contribution in [0.15, 0.2) is 41.3 Å². The van der Waals surface area contributed by atoms with Gasteiger partial charge in [0.1, 0.15) is 4.90 Å². The molecule has 0 aliphatic carbocycles. The van der Waals surface area contributed by atoms with Gasteiger partial charge in [-0.2, -0.15) is 8.42 Å². The van der Waals surface area contributed by atoms with Gasteiger partial charge in [-0.25, -0.2) is 0 Å². The third kappa shape index (κ3) is 6.74.